The molecule has 0 aliphatic rings. The summed E-state index contributed by atoms with van der Waals surface area (Å²) in [5.41, 5.74) is 5.16. The summed E-state index contributed by atoms with van der Waals surface area (Å²) in [4.78, 5) is 0. The van der Waals surface area contributed by atoms with Crippen molar-refractivity contribution in [1.82, 2.24) is 0 Å². The summed E-state index contributed by atoms with van der Waals surface area (Å²) in [6.07, 6.45) is 0. The molecule has 31 heavy (non-hydrogen) atoms. The van der Waals surface area contributed by atoms with Crippen molar-refractivity contribution < 1.29 is 13.2 Å². The Kier molecular flexibility index (Phi) is 4.93. The molecule has 0 amide bonds. The molecule has 0 aliphatic heterocycles. The lowest BCUT2D eigenvalue weighted by Gasteiger charge is -2.09. The van der Waals surface area contributed by atoms with E-state index >= 15 is 0 Å². The van der Waals surface area contributed by atoms with E-state index in [2.05, 4.69) is 0 Å². The fraction of sp³-hybridized carbons (Fsp3) is 0. The minimum atomic E-state index is -0.305. The van der Waals surface area contributed by atoms with Crippen LogP contribution in [0, 0.1) is 11.6 Å². The molecule has 0 aliphatic carbocycles. The molecule has 0 N–H and O–H groups in total. The highest BCUT2D eigenvalue weighted by Gasteiger charge is 2.25. The molecule has 0 radical (unpaired) electrons. The number of hydrogen-bond donors (Lipinski definition) is 0. The van der Waals surface area contributed by atoms with Crippen LogP contribution in [0.1, 0.15) is 0 Å². The summed E-state index contributed by atoms with van der Waals surface area (Å²) in [6, 6.07) is 32.4. The number of benzene rings is 4. The topological polar surface area (TPSA) is 13.1 Å². The Morgan fingerprint density at radius 2 is 0.742 bits per heavy atom. The van der Waals surface area contributed by atoms with Gasteiger partial charge in [-0.05, 0) is 35.4 Å². The molecule has 150 valence electrons. The van der Waals surface area contributed by atoms with E-state index < -0.39 is 0 Å². The molecule has 5 rings (SSSR count). The maximum Gasteiger partial charge on any atom is 0.143 e. The monoisotopic (exact) mass is 408 g/mol. The van der Waals surface area contributed by atoms with Crippen molar-refractivity contribution in [3.05, 3.63) is 121 Å². The normalized spacial score (nSPS) is 10.9. The molecule has 4 aromatic carbocycles. The Morgan fingerprint density at radius 1 is 0.387 bits per heavy atom. The third-order valence-electron chi connectivity index (χ3n) is 5.25. The van der Waals surface area contributed by atoms with E-state index in [9.17, 15) is 8.78 Å². The summed E-state index contributed by atoms with van der Waals surface area (Å²) in [7, 11) is 0. The predicted octanol–water partition coefficient (Wildman–Crippen LogP) is 8.23. The Hall–Kier alpha value is -3.98. The predicted molar refractivity (Wildman–Crippen MR) is 120 cm³/mol. The number of halogens is 2. The zero-order chi connectivity index (χ0) is 21.2. The molecule has 3 heteroatoms. The molecule has 0 unspecified atom stereocenters. The quantitative estimate of drug-likeness (QED) is 0.292. The van der Waals surface area contributed by atoms with E-state index in [0.717, 1.165) is 33.4 Å². The largest absolute Gasteiger partial charge is 0.455 e. The van der Waals surface area contributed by atoms with Crippen LogP contribution < -0.4 is 0 Å². The first-order valence-electron chi connectivity index (χ1n) is 10.0. The van der Waals surface area contributed by atoms with Crippen molar-refractivity contribution in [1.29, 1.82) is 0 Å². The van der Waals surface area contributed by atoms with Crippen molar-refractivity contribution in [2.45, 2.75) is 0 Å². The van der Waals surface area contributed by atoms with Gasteiger partial charge < -0.3 is 4.42 Å². The number of furan rings is 1. The summed E-state index contributed by atoms with van der Waals surface area (Å²) < 4.78 is 33.9. The molecule has 0 spiro atoms. The van der Waals surface area contributed by atoms with Crippen LogP contribution in [-0.2, 0) is 0 Å². The van der Waals surface area contributed by atoms with Crippen molar-refractivity contribution in [2.24, 2.45) is 0 Å². The van der Waals surface area contributed by atoms with Gasteiger partial charge in [-0.3, -0.25) is 0 Å². The fourth-order valence-electron chi connectivity index (χ4n) is 3.80. The maximum absolute atomic E-state index is 13.7. The SMILES string of the molecule is Fc1ccc(-c2c(-c3ccccc3)oc(-c3ccccc3)c2-c2ccc(F)cc2)cc1. The number of rotatable bonds is 4. The van der Waals surface area contributed by atoms with E-state index in [1.165, 1.54) is 24.3 Å². The summed E-state index contributed by atoms with van der Waals surface area (Å²) in [6.45, 7) is 0. The van der Waals surface area contributed by atoms with Crippen LogP contribution in [0.5, 0.6) is 0 Å². The highest BCUT2D eigenvalue weighted by Crippen LogP contribution is 2.48. The average Bonchev–Trinajstić information content (AvgIpc) is 3.22. The van der Waals surface area contributed by atoms with Crippen LogP contribution >= 0.6 is 0 Å². The summed E-state index contributed by atoms with van der Waals surface area (Å²) in [5.74, 6) is 0.760. The van der Waals surface area contributed by atoms with Crippen molar-refractivity contribution in [3.8, 4) is 44.9 Å². The molecular formula is C28H18F2O. The van der Waals surface area contributed by atoms with Gasteiger partial charge in [0.2, 0.25) is 0 Å². The zero-order valence-electron chi connectivity index (χ0n) is 16.6. The second kappa shape index (κ2) is 8.04. The first-order chi connectivity index (χ1) is 15.2. The Morgan fingerprint density at radius 3 is 1.10 bits per heavy atom. The van der Waals surface area contributed by atoms with E-state index in [0.29, 0.717) is 11.5 Å². The van der Waals surface area contributed by atoms with Gasteiger partial charge in [-0.2, -0.15) is 0 Å². The van der Waals surface area contributed by atoms with Gasteiger partial charge in [-0.15, -0.1) is 0 Å². The van der Waals surface area contributed by atoms with Gasteiger partial charge in [0, 0.05) is 22.3 Å². The molecule has 0 saturated heterocycles. The lowest BCUT2D eigenvalue weighted by molar-refractivity contribution is 0.598. The van der Waals surface area contributed by atoms with Crippen molar-refractivity contribution in [3.63, 3.8) is 0 Å². The molecule has 1 heterocycles. The standard InChI is InChI=1S/C28H18F2O/c29-23-15-11-19(12-16-23)25-26(20-13-17-24(30)18-14-20)28(22-9-5-2-6-10-22)31-27(25)21-7-3-1-4-8-21/h1-18H. The van der Waals surface area contributed by atoms with Crippen molar-refractivity contribution >= 4 is 0 Å². The van der Waals surface area contributed by atoms with E-state index in [4.69, 9.17) is 4.42 Å². The van der Waals surface area contributed by atoms with Crippen molar-refractivity contribution in [2.75, 3.05) is 0 Å². The highest BCUT2D eigenvalue weighted by molar-refractivity contribution is 5.99. The highest BCUT2D eigenvalue weighted by atomic mass is 19.1. The molecule has 1 nitrogen and oxygen atoms in total. The smallest absolute Gasteiger partial charge is 0.143 e. The van der Waals surface area contributed by atoms with Crippen LogP contribution in [0.3, 0.4) is 0 Å². The van der Waals surface area contributed by atoms with Gasteiger partial charge >= 0.3 is 0 Å². The van der Waals surface area contributed by atoms with Gasteiger partial charge in [0.15, 0.2) is 0 Å². The lowest BCUT2D eigenvalue weighted by atomic mass is 9.91. The second-order valence-corrected chi connectivity index (χ2v) is 7.26. The molecule has 5 aromatic rings. The molecule has 0 fully saturated rings. The van der Waals surface area contributed by atoms with Crippen LogP contribution in [-0.4, -0.2) is 0 Å². The van der Waals surface area contributed by atoms with Gasteiger partial charge in [0.25, 0.3) is 0 Å². The minimum absolute atomic E-state index is 0.305. The van der Waals surface area contributed by atoms with Crippen LogP contribution in [0.4, 0.5) is 8.78 Å². The zero-order valence-corrected chi connectivity index (χ0v) is 16.6. The van der Waals surface area contributed by atoms with E-state index in [1.54, 1.807) is 24.3 Å². The summed E-state index contributed by atoms with van der Waals surface area (Å²) in [5, 5.41) is 0. The third-order valence-corrected chi connectivity index (χ3v) is 5.25. The van der Waals surface area contributed by atoms with Gasteiger partial charge in [-0.25, -0.2) is 8.78 Å². The Balaban J connectivity index is 1.88. The van der Waals surface area contributed by atoms with E-state index in [1.807, 2.05) is 60.7 Å². The average molecular weight is 408 g/mol. The summed E-state index contributed by atoms with van der Waals surface area (Å²) >= 11 is 0. The number of hydrogen-bond acceptors (Lipinski definition) is 1. The Bertz CT molecular complexity index is 1200. The lowest BCUT2D eigenvalue weighted by Crippen LogP contribution is -1.87. The third kappa shape index (κ3) is 3.66. The molecular weight excluding hydrogens is 390 g/mol. The van der Waals surface area contributed by atoms with Crippen LogP contribution in [0.15, 0.2) is 114 Å². The molecule has 0 bridgehead atoms. The van der Waals surface area contributed by atoms with Gasteiger partial charge in [0.05, 0.1) is 0 Å². The molecule has 0 saturated carbocycles. The van der Waals surface area contributed by atoms with Gasteiger partial charge in [-0.1, -0.05) is 84.9 Å². The first kappa shape index (κ1) is 19.0. The van der Waals surface area contributed by atoms with Crippen LogP contribution in [0.25, 0.3) is 44.9 Å². The molecule has 0 atom stereocenters. The minimum Gasteiger partial charge on any atom is -0.455 e. The molecule has 1 aromatic heterocycles. The second-order valence-electron chi connectivity index (χ2n) is 7.26. The van der Waals surface area contributed by atoms with Gasteiger partial charge in [0.1, 0.15) is 23.2 Å². The Labute approximate surface area is 179 Å². The first-order valence-corrected chi connectivity index (χ1v) is 10.0. The maximum atomic E-state index is 13.7. The van der Waals surface area contributed by atoms with Crippen LogP contribution in [0.2, 0.25) is 0 Å². The fourth-order valence-corrected chi connectivity index (χ4v) is 3.80. The van der Waals surface area contributed by atoms with E-state index in [-0.39, 0.29) is 11.6 Å².